The summed E-state index contributed by atoms with van der Waals surface area (Å²) in [4.78, 5) is 13.1. The minimum atomic E-state index is -3.65. The van der Waals surface area contributed by atoms with E-state index in [0.29, 0.717) is 17.8 Å². The molecule has 0 saturated carbocycles. The van der Waals surface area contributed by atoms with E-state index in [2.05, 4.69) is 5.32 Å². The van der Waals surface area contributed by atoms with Crippen LogP contribution in [0.5, 0.6) is 0 Å². The van der Waals surface area contributed by atoms with E-state index in [4.69, 9.17) is 0 Å². The Morgan fingerprint density at radius 3 is 2.39 bits per heavy atom. The first kappa shape index (κ1) is 19.9. The van der Waals surface area contributed by atoms with Gasteiger partial charge in [0.05, 0.1) is 11.9 Å². The van der Waals surface area contributed by atoms with Gasteiger partial charge in [0.25, 0.3) is 0 Å². The summed E-state index contributed by atoms with van der Waals surface area (Å²) >= 11 is 0. The number of carbonyl (C=O) groups is 1. The summed E-state index contributed by atoms with van der Waals surface area (Å²) in [5.74, 6) is -0.356. The number of benzene rings is 3. The van der Waals surface area contributed by atoms with Crippen LogP contribution in [0.25, 0.3) is 10.8 Å². The molecule has 0 aliphatic carbocycles. The molecule has 0 aliphatic rings. The van der Waals surface area contributed by atoms with Crippen LogP contribution in [-0.2, 0) is 14.8 Å². The average molecular weight is 397 g/mol. The van der Waals surface area contributed by atoms with E-state index < -0.39 is 16.1 Å². The third kappa shape index (κ3) is 4.17. The highest BCUT2D eigenvalue weighted by atomic mass is 32.2. The smallest absolute Gasteiger partial charge is 0.248 e. The number of sulfonamides is 1. The first-order valence-electron chi connectivity index (χ1n) is 9.16. The maximum atomic E-state index is 13.1. The third-order valence-corrected chi connectivity index (χ3v) is 5.81. The first-order valence-corrected chi connectivity index (χ1v) is 11.0. The van der Waals surface area contributed by atoms with Crippen LogP contribution in [0.4, 0.5) is 11.4 Å². The van der Waals surface area contributed by atoms with Gasteiger partial charge in [0.15, 0.2) is 0 Å². The van der Waals surface area contributed by atoms with Crippen LogP contribution in [-0.4, -0.2) is 26.6 Å². The Hall–Kier alpha value is -2.86. The molecule has 28 heavy (non-hydrogen) atoms. The number of amides is 1. The van der Waals surface area contributed by atoms with Crippen molar-refractivity contribution in [2.24, 2.45) is 0 Å². The van der Waals surface area contributed by atoms with E-state index >= 15 is 0 Å². The lowest BCUT2D eigenvalue weighted by Gasteiger charge is -2.30. The van der Waals surface area contributed by atoms with Crippen molar-refractivity contribution in [3.63, 3.8) is 0 Å². The molecular weight excluding hydrogens is 372 g/mol. The van der Waals surface area contributed by atoms with Crippen molar-refractivity contribution in [1.82, 2.24) is 0 Å². The maximum absolute atomic E-state index is 13.1. The topological polar surface area (TPSA) is 66.5 Å². The fourth-order valence-electron chi connectivity index (χ4n) is 3.38. The van der Waals surface area contributed by atoms with Gasteiger partial charge in [-0.1, -0.05) is 55.5 Å². The lowest BCUT2D eigenvalue weighted by Crippen LogP contribution is -2.47. The van der Waals surface area contributed by atoms with Crippen LogP contribution in [0.2, 0.25) is 0 Å². The number of aryl methyl sites for hydroxylation is 1. The zero-order valence-corrected chi connectivity index (χ0v) is 17.0. The van der Waals surface area contributed by atoms with E-state index in [1.54, 1.807) is 25.1 Å². The normalized spacial score (nSPS) is 12.5. The predicted octanol–water partition coefficient (Wildman–Crippen LogP) is 4.33. The molecule has 5 nitrogen and oxygen atoms in total. The number of fused-ring (bicyclic) bond motifs is 1. The average Bonchev–Trinajstić information content (AvgIpc) is 2.65. The summed E-state index contributed by atoms with van der Waals surface area (Å²) in [5.41, 5.74) is 2.08. The second-order valence-corrected chi connectivity index (χ2v) is 8.70. The van der Waals surface area contributed by atoms with Gasteiger partial charge in [0.1, 0.15) is 6.04 Å². The van der Waals surface area contributed by atoms with Gasteiger partial charge in [-0.3, -0.25) is 9.10 Å². The van der Waals surface area contributed by atoms with Crippen molar-refractivity contribution in [2.45, 2.75) is 26.3 Å². The van der Waals surface area contributed by atoms with Gasteiger partial charge in [0, 0.05) is 11.1 Å². The number of carbonyl (C=O) groups excluding carboxylic acids is 1. The Labute approximate surface area is 166 Å². The van der Waals surface area contributed by atoms with Crippen molar-refractivity contribution in [1.29, 1.82) is 0 Å². The van der Waals surface area contributed by atoms with E-state index in [1.807, 2.05) is 55.5 Å². The fraction of sp³-hybridized carbons (Fsp3) is 0.227. The van der Waals surface area contributed by atoms with Crippen LogP contribution in [0.1, 0.15) is 18.9 Å². The second kappa shape index (κ2) is 8.02. The standard InChI is InChI=1S/C22H24N2O3S/c1-4-21(24(28(3,26)27)18-12-7-9-16(2)15-18)22(25)23-20-14-8-11-17-10-5-6-13-19(17)20/h5-15,21H,4H2,1-3H3,(H,23,25). The van der Waals surface area contributed by atoms with E-state index in [-0.39, 0.29) is 5.91 Å². The van der Waals surface area contributed by atoms with Gasteiger partial charge in [-0.05, 0) is 42.5 Å². The van der Waals surface area contributed by atoms with E-state index in [9.17, 15) is 13.2 Å². The highest BCUT2D eigenvalue weighted by molar-refractivity contribution is 7.92. The Morgan fingerprint density at radius 2 is 1.71 bits per heavy atom. The lowest BCUT2D eigenvalue weighted by atomic mass is 10.1. The maximum Gasteiger partial charge on any atom is 0.248 e. The van der Waals surface area contributed by atoms with Gasteiger partial charge in [-0.15, -0.1) is 0 Å². The zero-order valence-electron chi connectivity index (χ0n) is 16.2. The van der Waals surface area contributed by atoms with Crippen LogP contribution in [0, 0.1) is 6.92 Å². The van der Waals surface area contributed by atoms with Gasteiger partial charge in [-0.2, -0.15) is 0 Å². The summed E-state index contributed by atoms with van der Waals surface area (Å²) in [7, 11) is -3.65. The number of nitrogens with zero attached hydrogens (tertiary/aromatic N) is 1. The molecule has 1 N–H and O–H groups in total. The molecule has 3 aromatic carbocycles. The summed E-state index contributed by atoms with van der Waals surface area (Å²) in [6.07, 6.45) is 1.47. The van der Waals surface area contributed by atoms with Gasteiger partial charge >= 0.3 is 0 Å². The van der Waals surface area contributed by atoms with Gasteiger partial charge in [-0.25, -0.2) is 8.42 Å². The van der Waals surface area contributed by atoms with Crippen LogP contribution >= 0.6 is 0 Å². The number of rotatable bonds is 6. The molecular formula is C22H24N2O3S. The Kier molecular flexibility index (Phi) is 5.70. The number of anilines is 2. The highest BCUT2D eigenvalue weighted by Gasteiger charge is 2.31. The van der Waals surface area contributed by atoms with Crippen molar-refractivity contribution in [2.75, 3.05) is 15.9 Å². The SMILES string of the molecule is CCC(C(=O)Nc1cccc2ccccc12)N(c1cccc(C)c1)S(C)(=O)=O. The minimum Gasteiger partial charge on any atom is -0.324 e. The van der Waals surface area contributed by atoms with Gasteiger partial charge < -0.3 is 5.32 Å². The summed E-state index contributed by atoms with van der Waals surface area (Å²) in [6, 6.07) is 19.7. The first-order chi connectivity index (χ1) is 13.3. The molecule has 6 heteroatoms. The van der Waals surface area contributed by atoms with Gasteiger partial charge in [0.2, 0.25) is 15.9 Å². The van der Waals surface area contributed by atoms with Crippen LogP contribution < -0.4 is 9.62 Å². The van der Waals surface area contributed by atoms with Crippen LogP contribution in [0.3, 0.4) is 0 Å². The van der Waals surface area contributed by atoms with Crippen molar-refractivity contribution >= 4 is 38.1 Å². The zero-order chi connectivity index (χ0) is 20.3. The molecule has 0 bridgehead atoms. The molecule has 0 aromatic heterocycles. The second-order valence-electron chi connectivity index (χ2n) is 6.84. The summed E-state index contributed by atoms with van der Waals surface area (Å²) in [6.45, 7) is 3.70. The van der Waals surface area contributed by atoms with Crippen molar-refractivity contribution in [3.8, 4) is 0 Å². The van der Waals surface area contributed by atoms with Crippen molar-refractivity contribution in [3.05, 3.63) is 72.3 Å². The predicted molar refractivity (Wildman–Crippen MR) is 115 cm³/mol. The molecule has 1 unspecified atom stereocenters. The van der Waals surface area contributed by atoms with Crippen LogP contribution in [0.15, 0.2) is 66.7 Å². The van der Waals surface area contributed by atoms with Crippen molar-refractivity contribution < 1.29 is 13.2 Å². The summed E-state index contributed by atoms with van der Waals surface area (Å²) in [5, 5.41) is 4.85. The Morgan fingerprint density at radius 1 is 1.04 bits per heavy atom. The molecule has 0 saturated heterocycles. The third-order valence-electron chi connectivity index (χ3n) is 4.63. The highest BCUT2D eigenvalue weighted by Crippen LogP contribution is 2.26. The number of nitrogens with one attached hydrogen (secondary N) is 1. The largest absolute Gasteiger partial charge is 0.324 e. The molecule has 0 aliphatic heterocycles. The Bertz CT molecular complexity index is 1100. The molecule has 1 amide bonds. The monoisotopic (exact) mass is 396 g/mol. The quantitative estimate of drug-likeness (QED) is 0.674. The Balaban J connectivity index is 1.99. The molecule has 3 rings (SSSR count). The van der Waals surface area contributed by atoms with E-state index in [0.717, 1.165) is 22.6 Å². The van der Waals surface area contributed by atoms with E-state index in [1.165, 1.54) is 4.31 Å². The molecule has 146 valence electrons. The fourth-order valence-corrected chi connectivity index (χ4v) is 4.58. The number of hydrogen-bond donors (Lipinski definition) is 1. The summed E-state index contributed by atoms with van der Waals surface area (Å²) < 4.78 is 26.3. The molecule has 0 fully saturated rings. The lowest BCUT2D eigenvalue weighted by molar-refractivity contribution is -0.117. The minimum absolute atomic E-state index is 0.345. The molecule has 0 heterocycles. The molecule has 3 aromatic rings. The molecule has 0 spiro atoms. The molecule has 1 atom stereocenters. The molecule has 0 radical (unpaired) electrons. The number of hydrogen-bond acceptors (Lipinski definition) is 3.